The topological polar surface area (TPSA) is 75.3 Å². The highest BCUT2D eigenvalue weighted by Crippen LogP contribution is 2.33. The standard InChI is InChI=1S/C10H10ClF3N2O3S/c1-15-9(17)5-16-20(18,19)8-4-6(10(12,13)14)2-3-7(8)11/h2-4,16H,5H2,1H3,(H,15,17). The lowest BCUT2D eigenvalue weighted by molar-refractivity contribution is -0.137. The molecule has 0 radical (unpaired) electrons. The predicted molar refractivity (Wildman–Crippen MR) is 65.7 cm³/mol. The number of carbonyl (C=O) groups excluding carboxylic acids is 1. The SMILES string of the molecule is CNC(=O)CNS(=O)(=O)c1cc(C(F)(F)F)ccc1Cl. The lowest BCUT2D eigenvalue weighted by atomic mass is 10.2. The number of benzene rings is 1. The fraction of sp³-hybridized carbons (Fsp3) is 0.300. The summed E-state index contributed by atoms with van der Waals surface area (Å²) >= 11 is 5.59. The van der Waals surface area contributed by atoms with Crippen molar-refractivity contribution in [2.45, 2.75) is 11.1 Å². The zero-order valence-corrected chi connectivity index (χ0v) is 11.7. The second-order valence-corrected chi connectivity index (χ2v) is 5.78. The molecule has 1 aromatic carbocycles. The number of rotatable bonds is 4. The van der Waals surface area contributed by atoms with Gasteiger partial charge in [-0.1, -0.05) is 11.6 Å². The summed E-state index contributed by atoms with van der Waals surface area (Å²) in [5.74, 6) is -0.642. The van der Waals surface area contributed by atoms with Crippen molar-refractivity contribution >= 4 is 27.5 Å². The van der Waals surface area contributed by atoms with Gasteiger partial charge in [-0.2, -0.15) is 13.2 Å². The van der Waals surface area contributed by atoms with Crippen LogP contribution in [0.25, 0.3) is 0 Å². The van der Waals surface area contributed by atoms with Crippen LogP contribution in [0.2, 0.25) is 5.02 Å². The van der Waals surface area contributed by atoms with Gasteiger partial charge >= 0.3 is 6.18 Å². The van der Waals surface area contributed by atoms with Crippen LogP contribution in [0.4, 0.5) is 13.2 Å². The molecule has 0 atom stereocenters. The molecule has 5 nitrogen and oxygen atoms in total. The van der Waals surface area contributed by atoms with E-state index >= 15 is 0 Å². The second-order valence-electron chi connectivity index (χ2n) is 3.64. The summed E-state index contributed by atoms with van der Waals surface area (Å²) in [5.41, 5.74) is -1.15. The Kier molecular flexibility index (Phi) is 5.00. The number of alkyl halides is 3. The van der Waals surface area contributed by atoms with Crippen LogP contribution in [0.1, 0.15) is 5.56 Å². The molecule has 1 amide bonds. The van der Waals surface area contributed by atoms with E-state index in [0.717, 1.165) is 6.07 Å². The van der Waals surface area contributed by atoms with Gasteiger partial charge in [0.1, 0.15) is 4.90 Å². The minimum absolute atomic E-state index is 0.373. The maximum Gasteiger partial charge on any atom is 0.416 e. The van der Waals surface area contributed by atoms with Crippen molar-refractivity contribution in [1.29, 1.82) is 0 Å². The van der Waals surface area contributed by atoms with Crippen molar-refractivity contribution in [2.24, 2.45) is 0 Å². The molecule has 10 heteroatoms. The maximum absolute atomic E-state index is 12.5. The zero-order chi connectivity index (χ0) is 15.6. The van der Waals surface area contributed by atoms with Crippen molar-refractivity contribution < 1.29 is 26.4 Å². The molecule has 0 heterocycles. The normalized spacial score (nSPS) is 12.2. The van der Waals surface area contributed by atoms with E-state index in [1.807, 2.05) is 4.72 Å². The predicted octanol–water partition coefficient (Wildman–Crippen LogP) is 1.38. The molecule has 0 spiro atoms. The quantitative estimate of drug-likeness (QED) is 0.876. The third-order valence-corrected chi connectivity index (χ3v) is 4.13. The van der Waals surface area contributed by atoms with Crippen molar-refractivity contribution in [1.82, 2.24) is 10.0 Å². The van der Waals surface area contributed by atoms with Crippen LogP contribution in [0, 0.1) is 0 Å². The summed E-state index contributed by atoms with van der Waals surface area (Å²) in [7, 11) is -3.04. The van der Waals surface area contributed by atoms with Crippen molar-refractivity contribution in [3.8, 4) is 0 Å². The summed E-state index contributed by atoms with van der Waals surface area (Å²) in [4.78, 5) is 10.2. The Morgan fingerprint density at radius 1 is 1.35 bits per heavy atom. The first-order valence-electron chi connectivity index (χ1n) is 5.15. The molecule has 1 rings (SSSR count). The van der Waals surface area contributed by atoms with Gasteiger partial charge in [0, 0.05) is 7.05 Å². The van der Waals surface area contributed by atoms with Gasteiger partial charge in [0.2, 0.25) is 15.9 Å². The lowest BCUT2D eigenvalue weighted by Crippen LogP contribution is -2.35. The van der Waals surface area contributed by atoms with E-state index in [1.54, 1.807) is 0 Å². The van der Waals surface area contributed by atoms with Gasteiger partial charge in [0.05, 0.1) is 17.1 Å². The molecule has 0 saturated heterocycles. The molecule has 0 aliphatic rings. The molecule has 0 aromatic heterocycles. The largest absolute Gasteiger partial charge is 0.416 e. The van der Waals surface area contributed by atoms with E-state index in [4.69, 9.17) is 11.6 Å². The highest BCUT2D eigenvalue weighted by atomic mass is 35.5. The number of sulfonamides is 1. The summed E-state index contributed by atoms with van der Waals surface area (Å²) in [6, 6.07) is 1.91. The molecule has 0 saturated carbocycles. The average Bonchev–Trinajstić information content (AvgIpc) is 2.34. The van der Waals surface area contributed by atoms with Gasteiger partial charge in [-0.3, -0.25) is 4.79 Å². The number of hydrogen-bond acceptors (Lipinski definition) is 3. The van der Waals surface area contributed by atoms with Gasteiger partial charge in [0.25, 0.3) is 0 Å². The molecule has 0 fully saturated rings. The molecular formula is C10H10ClF3N2O3S. The summed E-state index contributed by atoms with van der Waals surface area (Å²) in [6.07, 6.45) is -4.70. The lowest BCUT2D eigenvalue weighted by Gasteiger charge is -2.11. The van der Waals surface area contributed by atoms with Crippen LogP contribution in [0.15, 0.2) is 23.1 Å². The van der Waals surface area contributed by atoms with Crippen molar-refractivity contribution in [3.63, 3.8) is 0 Å². The van der Waals surface area contributed by atoms with E-state index in [0.29, 0.717) is 12.1 Å². The first-order chi connectivity index (χ1) is 9.08. The molecule has 0 bridgehead atoms. The van der Waals surface area contributed by atoms with Gasteiger partial charge in [0.15, 0.2) is 0 Å². The van der Waals surface area contributed by atoms with E-state index < -0.39 is 39.1 Å². The van der Waals surface area contributed by atoms with Crippen LogP contribution in [-0.4, -0.2) is 27.9 Å². The molecule has 0 aliphatic heterocycles. The van der Waals surface area contributed by atoms with Gasteiger partial charge < -0.3 is 5.32 Å². The molecule has 2 N–H and O–H groups in total. The van der Waals surface area contributed by atoms with E-state index in [1.165, 1.54) is 7.05 Å². The van der Waals surface area contributed by atoms with E-state index in [9.17, 15) is 26.4 Å². The fourth-order valence-electron chi connectivity index (χ4n) is 1.21. The van der Waals surface area contributed by atoms with Crippen LogP contribution in [-0.2, 0) is 21.0 Å². The Labute approximate surface area is 118 Å². The molecule has 112 valence electrons. The number of amides is 1. The monoisotopic (exact) mass is 330 g/mol. The molecule has 0 unspecified atom stereocenters. The maximum atomic E-state index is 12.5. The van der Waals surface area contributed by atoms with Gasteiger partial charge in [-0.25, -0.2) is 13.1 Å². The number of hydrogen-bond donors (Lipinski definition) is 2. The zero-order valence-electron chi connectivity index (χ0n) is 10.1. The highest BCUT2D eigenvalue weighted by molar-refractivity contribution is 7.89. The molecule has 0 aliphatic carbocycles. The van der Waals surface area contributed by atoms with Crippen LogP contribution >= 0.6 is 11.6 Å². The van der Waals surface area contributed by atoms with E-state index in [-0.39, 0.29) is 5.02 Å². The van der Waals surface area contributed by atoms with Crippen molar-refractivity contribution in [2.75, 3.05) is 13.6 Å². The Hall–Kier alpha value is -1.32. The number of halogens is 4. The minimum atomic E-state index is -4.70. The Bertz CT molecular complexity index is 617. The van der Waals surface area contributed by atoms with E-state index in [2.05, 4.69) is 5.32 Å². The first-order valence-corrected chi connectivity index (χ1v) is 7.01. The summed E-state index contributed by atoms with van der Waals surface area (Å²) in [5, 5.41) is 1.79. The Morgan fingerprint density at radius 2 is 1.95 bits per heavy atom. The van der Waals surface area contributed by atoms with Crippen LogP contribution in [0.5, 0.6) is 0 Å². The first kappa shape index (κ1) is 16.7. The smallest absolute Gasteiger partial charge is 0.358 e. The summed E-state index contributed by atoms with van der Waals surface area (Å²) < 4.78 is 63.1. The third kappa shape index (κ3) is 4.09. The van der Waals surface area contributed by atoms with Crippen LogP contribution in [0.3, 0.4) is 0 Å². The number of nitrogens with one attached hydrogen (secondary N) is 2. The number of carbonyl (C=O) groups is 1. The van der Waals surface area contributed by atoms with Gasteiger partial charge in [-0.15, -0.1) is 0 Å². The van der Waals surface area contributed by atoms with Crippen LogP contribution < -0.4 is 10.0 Å². The Balaban J connectivity index is 3.14. The second kappa shape index (κ2) is 5.98. The Morgan fingerprint density at radius 3 is 2.45 bits per heavy atom. The number of likely N-dealkylation sites (N-methyl/N-ethyl adjacent to an activating group) is 1. The van der Waals surface area contributed by atoms with Gasteiger partial charge in [-0.05, 0) is 18.2 Å². The molecular weight excluding hydrogens is 321 g/mol. The highest BCUT2D eigenvalue weighted by Gasteiger charge is 2.32. The molecule has 20 heavy (non-hydrogen) atoms. The minimum Gasteiger partial charge on any atom is -0.358 e. The fourth-order valence-corrected chi connectivity index (χ4v) is 2.72. The third-order valence-electron chi connectivity index (χ3n) is 2.25. The summed E-state index contributed by atoms with van der Waals surface area (Å²) in [6.45, 7) is -0.606. The van der Waals surface area contributed by atoms with Crippen molar-refractivity contribution in [3.05, 3.63) is 28.8 Å². The average molecular weight is 331 g/mol. The molecule has 1 aromatic rings.